The Hall–Kier alpha value is -2.89. The normalized spacial score (nSPS) is 17.3. The summed E-state index contributed by atoms with van der Waals surface area (Å²) in [7, 11) is 1.61. The number of benzene rings is 1. The van der Waals surface area contributed by atoms with Crippen LogP contribution in [0.5, 0.6) is 5.75 Å². The SMILES string of the molecule is COc1ccccc1[C@H]1CN(C(=O)c2cccnc2)CCN1C(C)=O. The third kappa shape index (κ3) is 3.47. The first-order valence-electron chi connectivity index (χ1n) is 8.21. The Morgan fingerprint density at radius 2 is 1.96 bits per heavy atom. The Labute approximate surface area is 147 Å². The molecule has 1 saturated heterocycles. The molecule has 0 spiro atoms. The zero-order valence-corrected chi connectivity index (χ0v) is 14.4. The number of aromatic nitrogens is 1. The van der Waals surface area contributed by atoms with Gasteiger partial charge in [0.2, 0.25) is 5.91 Å². The maximum Gasteiger partial charge on any atom is 0.255 e. The van der Waals surface area contributed by atoms with Crippen molar-refractivity contribution in [2.75, 3.05) is 26.7 Å². The zero-order chi connectivity index (χ0) is 17.8. The summed E-state index contributed by atoms with van der Waals surface area (Å²) in [6.07, 6.45) is 3.21. The molecule has 1 aliphatic rings. The van der Waals surface area contributed by atoms with Crippen molar-refractivity contribution < 1.29 is 14.3 Å². The van der Waals surface area contributed by atoms with Crippen molar-refractivity contribution in [3.8, 4) is 5.75 Å². The molecule has 0 saturated carbocycles. The summed E-state index contributed by atoms with van der Waals surface area (Å²) in [5.74, 6) is 0.634. The molecule has 6 heteroatoms. The van der Waals surface area contributed by atoms with Crippen LogP contribution in [0.4, 0.5) is 0 Å². The number of hydrogen-bond donors (Lipinski definition) is 0. The Kier molecular flexibility index (Phi) is 4.97. The van der Waals surface area contributed by atoms with E-state index < -0.39 is 0 Å². The Morgan fingerprint density at radius 3 is 2.64 bits per heavy atom. The summed E-state index contributed by atoms with van der Waals surface area (Å²) in [6.45, 7) is 2.97. The Balaban J connectivity index is 1.90. The van der Waals surface area contributed by atoms with E-state index >= 15 is 0 Å². The molecule has 0 aliphatic carbocycles. The van der Waals surface area contributed by atoms with Crippen LogP contribution in [0.25, 0.3) is 0 Å². The number of carbonyl (C=O) groups excluding carboxylic acids is 2. The lowest BCUT2D eigenvalue weighted by Crippen LogP contribution is -2.51. The number of ether oxygens (including phenoxy) is 1. The van der Waals surface area contributed by atoms with E-state index in [0.29, 0.717) is 25.2 Å². The highest BCUT2D eigenvalue weighted by atomic mass is 16.5. The smallest absolute Gasteiger partial charge is 0.255 e. The van der Waals surface area contributed by atoms with Gasteiger partial charge in [0.05, 0.1) is 18.7 Å². The first kappa shape index (κ1) is 17.0. The fourth-order valence-corrected chi connectivity index (χ4v) is 3.22. The topological polar surface area (TPSA) is 62.7 Å². The van der Waals surface area contributed by atoms with Gasteiger partial charge >= 0.3 is 0 Å². The van der Waals surface area contributed by atoms with Gasteiger partial charge in [-0.05, 0) is 18.2 Å². The molecule has 0 bridgehead atoms. The number of hydrogen-bond acceptors (Lipinski definition) is 4. The summed E-state index contributed by atoms with van der Waals surface area (Å²) < 4.78 is 5.46. The molecule has 1 atom stereocenters. The van der Waals surface area contributed by atoms with Crippen LogP contribution < -0.4 is 4.74 Å². The van der Waals surface area contributed by atoms with E-state index in [1.807, 2.05) is 24.3 Å². The second-order valence-electron chi connectivity index (χ2n) is 5.96. The van der Waals surface area contributed by atoms with Crippen LogP contribution >= 0.6 is 0 Å². The van der Waals surface area contributed by atoms with E-state index in [1.165, 1.54) is 0 Å². The number of carbonyl (C=O) groups is 2. The van der Waals surface area contributed by atoms with Crippen LogP contribution in [-0.2, 0) is 4.79 Å². The van der Waals surface area contributed by atoms with Crippen molar-refractivity contribution in [3.05, 3.63) is 59.9 Å². The van der Waals surface area contributed by atoms with Crippen LogP contribution in [0, 0.1) is 0 Å². The number of amides is 2. The lowest BCUT2D eigenvalue weighted by Gasteiger charge is -2.41. The summed E-state index contributed by atoms with van der Waals surface area (Å²) in [5.41, 5.74) is 1.46. The van der Waals surface area contributed by atoms with E-state index in [-0.39, 0.29) is 17.9 Å². The molecule has 2 heterocycles. The lowest BCUT2D eigenvalue weighted by molar-refractivity contribution is -0.133. The van der Waals surface area contributed by atoms with Crippen LogP contribution in [0.3, 0.4) is 0 Å². The largest absolute Gasteiger partial charge is 0.496 e. The fourth-order valence-electron chi connectivity index (χ4n) is 3.22. The Morgan fingerprint density at radius 1 is 1.16 bits per heavy atom. The predicted octanol–water partition coefficient (Wildman–Crippen LogP) is 2.14. The molecule has 1 aliphatic heterocycles. The van der Waals surface area contributed by atoms with E-state index in [1.54, 1.807) is 48.4 Å². The first-order chi connectivity index (χ1) is 12.1. The first-order valence-corrected chi connectivity index (χ1v) is 8.21. The molecule has 1 aromatic heterocycles. The van der Waals surface area contributed by atoms with Crippen molar-refractivity contribution in [1.82, 2.24) is 14.8 Å². The summed E-state index contributed by atoms with van der Waals surface area (Å²) >= 11 is 0. The number of para-hydroxylation sites is 1. The van der Waals surface area contributed by atoms with Gasteiger partial charge in [0.1, 0.15) is 5.75 Å². The predicted molar refractivity (Wildman–Crippen MR) is 93.3 cm³/mol. The molecule has 6 nitrogen and oxygen atoms in total. The van der Waals surface area contributed by atoms with Gasteiger partial charge in [-0.1, -0.05) is 18.2 Å². The standard InChI is InChI=1S/C19H21N3O3/c1-14(23)22-11-10-21(19(24)15-6-5-9-20-12-15)13-17(22)16-7-3-4-8-18(16)25-2/h3-9,12,17H,10-11,13H2,1-2H3/t17-/m1/s1. The molecule has 25 heavy (non-hydrogen) atoms. The minimum atomic E-state index is -0.233. The highest BCUT2D eigenvalue weighted by Gasteiger charge is 2.33. The molecule has 3 rings (SSSR count). The minimum Gasteiger partial charge on any atom is -0.496 e. The minimum absolute atomic E-state index is 0.00983. The summed E-state index contributed by atoms with van der Waals surface area (Å²) in [4.78, 5) is 32.4. The molecule has 130 valence electrons. The fraction of sp³-hybridized carbons (Fsp3) is 0.316. The van der Waals surface area contributed by atoms with E-state index in [4.69, 9.17) is 4.74 Å². The van der Waals surface area contributed by atoms with Crippen molar-refractivity contribution in [2.24, 2.45) is 0 Å². The lowest BCUT2D eigenvalue weighted by atomic mass is 10.0. The van der Waals surface area contributed by atoms with Crippen molar-refractivity contribution in [2.45, 2.75) is 13.0 Å². The number of pyridine rings is 1. The molecular weight excluding hydrogens is 318 g/mol. The molecular formula is C19H21N3O3. The van der Waals surface area contributed by atoms with Crippen LogP contribution in [0.2, 0.25) is 0 Å². The average molecular weight is 339 g/mol. The van der Waals surface area contributed by atoms with Gasteiger partial charge in [0, 0.05) is 44.5 Å². The summed E-state index contributed by atoms with van der Waals surface area (Å²) in [5, 5.41) is 0. The molecule has 0 N–H and O–H groups in total. The van der Waals surface area contributed by atoms with E-state index in [9.17, 15) is 9.59 Å². The Bertz CT molecular complexity index is 764. The van der Waals surface area contributed by atoms with Gasteiger partial charge in [-0.25, -0.2) is 0 Å². The van der Waals surface area contributed by atoms with Crippen LogP contribution in [0.1, 0.15) is 28.9 Å². The number of nitrogens with zero attached hydrogens (tertiary/aromatic N) is 3. The van der Waals surface area contributed by atoms with Gasteiger partial charge in [-0.15, -0.1) is 0 Å². The molecule has 2 amide bonds. The summed E-state index contributed by atoms with van der Waals surface area (Å²) in [6, 6.07) is 10.9. The number of rotatable bonds is 3. The van der Waals surface area contributed by atoms with Gasteiger partial charge in [0.25, 0.3) is 5.91 Å². The number of piperazine rings is 1. The molecule has 1 aromatic carbocycles. The van der Waals surface area contributed by atoms with E-state index in [2.05, 4.69) is 4.98 Å². The van der Waals surface area contributed by atoms with Gasteiger partial charge in [-0.2, -0.15) is 0 Å². The average Bonchev–Trinajstić information content (AvgIpc) is 2.67. The van der Waals surface area contributed by atoms with Crippen LogP contribution in [-0.4, -0.2) is 53.3 Å². The third-order valence-corrected chi connectivity index (χ3v) is 4.48. The molecule has 0 radical (unpaired) electrons. The number of methoxy groups -OCH3 is 1. The maximum atomic E-state index is 12.8. The van der Waals surface area contributed by atoms with Crippen molar-refractivity contribution >= 4 is 11.8 Å². The molecule has 1 fully saturated rings. The monoisotopic (exact) mass is 339 g/mol. The van der Waals surface area contributed by atoms with Gasteiger partial charge in [-0.3, -0.25) is 14.6 Å². The zero-order valence-electron chi connectivity index (χ0n) is 14.4. The molecule has 2 aromatic rings. The van der Waals surface area contributed by atoms with E-state index in [0.717, 1.165) is 11.3 Å². The van der Waals surface area contributed by atoms with Gasteiger partial charge in [0.15, 0.2) is 0 Å². The van der Waals surface area contributed by atoms with Crippen molar-refractivity contribution in [1.29, 1.82) is 0 Å². The van der Waals surface area contributed by atoms with Gasteiger partial charge < -0.3 is 14.5 Å². The third-order valence-electron chi connectivity index (χ3n) is 4.48. The second kappa shape index (κ2) is 7.34. The van der Waals surface area contributed by atoms with Crippen LogP contribution in [0.15, 0.2) is 48.8 Å². The quantitative estimate of drug-likeness (QED) is 0.859. The second-order valence-corrected chi connectivity index (χ2v) is 5.96. The highest BCUT2D eigenvalue weighted by molar-refractivity contribution is 5.94. The highest BCUT2D eigenvalue weighted by Crippen LogP contribution is 2.32. The molecule has 0 unspecified atom stereocenters. The van der Waals surface area contributed by atoms with Crippen molar-refractivity contribution in [3.63, 3.8) is 0 Å². The maximum absolute atomic E-state index is 12.8.